The van der Waals surface area contributed by atoms with Crippen molar-refractivity contribution in [1.82, 2.24) is 10.2 Å². The number of nitriles is 1. The van der Waals surface area contributed by atoms with E-state index in [0.29, 0.717) is 47.9 Å². The summed E-state index contributed by atoms with van der Waals surface area (Å²) in [6.07, 6.45) is 2.28. The molecule has 0 saturated carbocycles. The summed E-state index contributed by atoms with van der Waals surface area (Å²) in [5, 5.41) is 21.5. The molecule has 0 bridgehead atoms. The number of aryl methyl sites for hydroxylation is 1. The van der Waals surface area contributed by atoms with Gasteiger partial charge >= 0.3 is 0 Å². The second-order valence-corrected chi connectivity index (χ2v) is 9.44. The number of hydrogen-bond donors (Lipinski definition) is 1. The molecule has 0 saturated heterocycles. The molecular formula is C27H30N4O4S. The Bertz CT molecular complexity index is 1250. The highest BCUT2D eigenvalue weighted by Crippen LogP contribution is 2.29. The Morgan fingerprint density at radius 3 is 2.64 bits per heavy atom. The predicted octanol–water partition coefficient (Wildman–Crippen LogP) is 5.45. The lowest BCUT2D eigenvalue weighted by atomic mass is 10.1. The fraction of sp³-hybridized carbons (Fsp3) is 0.333. The molecule has 0 atom stereocenters. The molecule has 1 heterocycles. The Kier molecular flexibility index (Phi) is 9.83. The summed E-state index contributed by atoms with van der Waals surface area (Å²) >= 11 is 1.31. The number of anilines is 1. The van der Waals surface area contributed by atoms with E-state index < -0.39 is 5.91 Å². The van der Waals surface area contributed by atoms with Gasteiger partial charge < -0.3 is 14.2 Å². The number of benzene rings is 2. The van der Waals surface area contributed by atoms with Gasteiger partial charge in [-0.25, -0.2) is 0 Å². The van der Waals surface area contributed by atoms with Gasteiger partial charge in [0, 0.05) is 6.42 Å². The van der Waals surface area contributed by atoms with Crippen molar-refractivity contribution in [3.8, 4) is 23.3 Å². The molecule has 1 N–H and O–H groups in total. The van der Waals surface area contributed by atoms with Crippen LogP contribution in [0.15, 0.2) is 48.0 Å². The number of carbonyl (C=O) groups is 1. The van der Waals surface area contributed by atoms with E-state index in [4.69, 9.17) is 14.2 Å². The van der Waals surface area contributed by atoms with Gasteiger partial charge in [0.25, 0.3) is 5.91 Å². The third-order valence-corrected chi connectivity index (χ3v) is 5.67. The monoisotopic (exact) mass is 506 g/mol. The second kappa shape index (κ2) is 13.3. The van der Waals surface area contributed by atoms with Gasteiger partial charge in [-0.3, -0.25) is 10.1 Å². The average Bonchev–Trinajstić information content (AvgIpc) is 3.27. The molecule has 36 heavy (non-hydrogen) atoms. The van der Waals surface area contributed by atoms with Crippen LogP contribution in [0.3, 0.4) is 0 Å². The Balaban J connectivity index is 1.64. The average molecular weight is 507 g/mol. The first kappa shape index (κ1) is 26.7. The Labute approximate surface area is 215 Å². The van der Waals surface area contributed by atoms with Crippen LogP contribution >= 0.6 is 11.3 Å². The van der Waals surface area contributed by atoms with Crippen LogP contribution < -0.4 is 19.5 Å². The van der Waals surface area contributed by atoms with Gasteiger partial charge in [-0.2, -0.15) is 5.26 Å². The first-order chi connectivity index (χ1) is 17.4. The minimum atomic E-state index is -0.545. The van der Waals surface area contributed by atoms with Crippen molar-refractivity contribution in [1.29, 1.82) is 5.26 Å². The van der Waals surface area contributed by atoms with E-state index in [9.17, 15) is 10.1 Å². The zero-order valence-electron chi connectivity index (χ0n) is 20.9. The summed E-state index contributed by atoms with van der Waals surface area (Å²) in [4.78, 5) is 12.6. The first-order valence-electron chi connectivity index (χ1n) is 11.7. The highest BCUT2D eigenvalue weighted by atomic mass is 32.1. The maximum absolute atomic E-state index is 12.6. The Morgan fingerprint density at radius 2 is 1.92 bits per heavy atom. The number of ether oxygens (including phenoxy) is 3. The molecule has 3 aromatic rings. The topological polar surface area (TPSA) is 106 Å². The molecule has 3 rings (SSSR count). The molecule has 0 fully saturated rings. The second-order valence-electron chi connectivity index (χ2n) is 8.38. The maximum Gasteiger partial charge on any atom is 0.268 e. The number of nitrogens with zero attached hydrogens (tertiary/aromatic N) is 3. The largest absolute Gasteiger partial charge is 0.490 e. The lowest BCUT2D eigenvalue weighted by molar-refractivity contribution is -0.112. The molecule has 1 amide bonds. The van der Waals surface area contributed by atoms with Crippen LogP contribution in [0, 0.1) is 24.2 Å². The van der Waals surface area contributed by atoms with Crippen molar-refractivity contribution >= 4 is 28.5 Å². The first-order valence-corrected chi connectivity index (χ1v) is 12.5. The van der Waals surface area contributed by atoms with Gasteiger partial charge in [0.05, 0.1) is 6.61 Å². The standard InChI is InChI=1S/C27H30N4O4S/c1-5-33-24-16-20(9-10-23(24)35-12-11-34-22-8-6-7-19(4)14-22)15-21(17-28)26(32)29-27-31-30-25(36-27)13-18(2)3/h6-10,14-16,18H,5,11-13H2,1-4H3,(H,29,31,32)/b21-15-. The van der Waals surface area contributed by atoms with Crippen molar-refractivity contribution in [3.05, 3.63) is 64.2 Å². The molecule has 8 nitrogen and oxygen atoms in total. The van der Waals surface area contributed by atoms with E-state index in [0.717, 1.165) is 22.7 Å². The molecule has 9 heteroatoms. The van der Waals surface area contributed by atoms with Crippen LogP contribution in [0.4, 0.5) is 5.13 Å². The molecule has 1 aromatic heterocycles. The SMILES string of the molecule is CCOc1cc(/C=C(/C#N)C(=O)Nc2nnc(CC(C)C)s2)ccc1OCCOc1cccc(C)c1. The normalized spacial score (nSPS) is 11.2. The summed E-state index contributed by atoms with van der Waals surface area (Å²) in [5.41, 5.74) is 1.70. The molecule has 0 radical (unpaired) electrons. The van der Waals surface area contributed by atoms with E-state index >= 15 is 0 Å². The van der Waals surface area contributed by atoms with Gasteiger partial charge in [-0.1, -0.05) is 43.4 Å². The maximum atomic E-state index is 12.6. The van der Waals surface area contributed by atoms with Crippen LogP contribution in [0.2, 0.25) is 0 Å². The number of hydrogen-bond acceptors (Lipinski definition) is 8. The zero-order chi connectivity index (χ0) is 25.9. The minimum absolute atomic E-state index is 0.0571. The molecule has 188 valence electrons. The van der Waals surface area contributed by atoms with Crippen LogP contribution in [-0.4, -0.2) is 35.9 Å². The lowest BCUT2D eigenvalue weighted by Gasteiger charge is -2.13. The summed E-state index contributed by atoms with van der Waals surface area (Å²) in [6, 6.07) is 15.0. The zero-order valence-corrected chi connectivity index (χ0v) is 21.7. The van der Waals surface area contributed by atoms with Crippen LogP contribution in [0.5, 0.6) is 17.2 Å². The minimum Gasteiger partial charge on any atom is -0.490 e. The molecule has 2 aromatic carbocycles. The van der Waals surface area contributed by atoms with Crippen molar-refractivity contribution in [3.63, 3.8) is 0 Å². The van der Waals surface area contributed by atoms with Crippen molar-refractivity contribution < 1.29 is 19.0 Å². The quantitative estimate of drug-likeness (QED) is 0.198. The highest BCUT2D eigenvalue weighted by Gasteiger charge is 2.14. The van der Waals surface area contributed by atoms with E-state index in [1.54, 1.807) is 18.2 Å². The number of carbonyl (C=O) groups excluding carboxylic acids is 1. The molecule has 0 aliphatic carbocycles. The summed E-state index contributed by atoms with van der Waals surface area (Å²) in [5.74, 6) is 1.74. The fourth-order valence-corrected chi connectivity index (χ4v) is 4.18. The van der Waals surface area contributed by atoms with Crippen molar-refractivity contribution in [2.75, 3.05) is 25.1 Å². The molecule has 0 unspecified atom stereocenters. The third-order valence-electron chi connectivity index (χ3n) is 4.81. The van der Waals surface area contributed by atoms with E-state index in [-0.39, 0.29) is 5.57 Å². The molecule has 0 spiro atoms. The van der Waals surface area contributed by atoms with Crippen molar-refractivity contribution in [2.24, 2.45) is 5.92 Å². The third kappa shape index (κ3) is 8.10. The van der Waals surface area contributed by atoms with E-state index in [1.165, 1.54) is 17.4 Å². The molecule has 0 aliphatic heterocycles. The van der Waals surface area contributed by atoms with Crippen LogP contribution in [0.1, 0.15) is 36.9 Å². The number of amides is 1. The van der Waals surface area contributed by atoms with Gasteiger partial charge in [0.2, 0.25) is 5.13 Å². The summed E-state index contributed by atoms with van der Waals surface area (Å²) in [6.45, 7) is 9.19. The van der Waals surface area contributed by atoms with Gasteiger partial charge in [-0.15, -0.1) is 10.2 Å². The number of rotatable bonds is 12. The van der Waals surface area contributed by atoms with Gasteiger partial charge in [0.15, 0.2) is 11.5 Å². The predicted molar refractivity (Wildman–Crippen MR) is 140 cm³/mol. The Hall–Kier alpha value is -3.90. The molecule has 0 aliphatic rings. The van der Waals surface area contributed by atoms with Crippen molar-refractivity contribution in [2.45, 2.75) is 34.1 Å². The van der Waals surface area contributed by atoms with Gasteiger partial charge in [0.1, 0.15) is 35.6 Å². The van der Waals surface area contributed by atoms with E-state index in [1.807, 2.05) is 44.2 Å². The smallest absolute Gasteiger partial charge is 0.268 e. The highest BCUT2D eigenvalue weighted by molar-refractivity contribution is 7.15. The summed E-state index contributed by atoms with van der Waals surface area (Å²) in [7, 11) is 0. The Morgan fingerprint density at radius 1 is 1.11 bits per heavy atom. The van der Waals surface area contributed by atoms with E-state index in [2.05, 4.69) is 29.4 Å². The number of aromatic nitrogens is 2. The molecular weight excluding hydrogens is 476 g/mol. The number of nitrogens with one attached hydrogen (secondary N) is 1. The summed E-state index contributed by atoms with van der Waals surface area (Å²) < 4.78 is 17.3. The van der Waals surface area contributed by atoms with Crippen LogP contribution in [-0.2, 0) is 11.2 Å². The fourth-order valence-electron chi connectivity index (χ4n) is 3.23. The van der Waals surface area contributed by atoms with Gasteiger partial charge in [-0.05, 0) is 61.2 Å². The van der Waals surface area contributed by atoms with Crippen LogP contribution in [0.25, 0.3) is 6.08 Å². The lowest BCUT2D eigenvalue weighted by Crippen LogP contribution is -2.13.